The molecule has 0 radical (unpaired) electrons. The van der Waals surface area contributed by atoms with Gasteiger partial charge in [0, 0.05) is 6.54 Å². The molecule has 140 valence electrons. The van der Waals surface area contributed by atoms with E-state index < -0.39 is 0 Å². The number of nitrogens with one attached hydrogen (secondary N) is 1. The van der Waals surface area contributed by atoms with Crippen LogP contribution >= 0.6 is 12.4 Å². The summed E-state index contributed by atoms with van der Waals surface area (Å²) in [6.45, 7) is 1.96. The molecular formula is C26H24ClN. The van der Waals surface area contributed by atoms with Gasteiger partial charge in [-0.05, 0) is 62.8 Å². The summed E-state index contributed by atoms with van der Waals surface area (Å²) >= 11 is 0. The second kappa shape index (κ2) is 8.18. The third-order valence-electron chi connectivity index (χ3n) is 5.60. The van der Waals surface area contributed by atoms with Crippen molar-refractivity contribution in [3.63, 3.8) is 0 Å². The normalized spacial score (nSPS) is 11.3. The molecule has 0 saturated carbocycles. The van der Waals surface area contributed by atoms with Gasteiger partial charge in [-0.1, -0.05) is 84.9 Å². The molecule has 0 aliphatic carbocycles. The van der Waals surface area contributed by atoms with Gasteiger partial charge in [0.15, 0.2) is 0 Å². The topological polar surface area (TPSA) is 12.0 Å². The fourth-order valence-corrected chi connectivity index (χ4v) is 4.24. The van der Waals surface area contributed by atoms with Gasteiger partial charge >= 0.3 is 0 Å². The molecule has 0 atom stereocenters. The Morgan fingerprint density at radius 3 is 2.07 bits per heavy atom. The van der Waals surface area contributed by atoms with E-state index in [0.717, 1.165) is 25.9 Å². The molecule has 0 unspecified atom stereocenters. The molecule has 5 aromatic carbocycles. The molecule has 0 amide bonds. The Morgan fingerprint density at radius 2 is 1.29 bits per heavy atom. The van der Waals surface area contributed by atoms with Crippen LogP contribution in [0, 0.1) is 0 Å². The minimum atomic E-state index is 0. The van der Waals surface area contributed by atoms with Gasteiger partial charge in [0.2, 0.25) is 0 Å². The van der Waals surface area contributed by atoms with Crippen LogP contribution in [0.25, 0.3) is 32.3 Å². The third-order valence-corrected chi connectivity index (χ3v) is 5.60. The van der Waals surface area contributed by atoms with Crippen LogP contribution in [0.1, 0.15) is 17.5 Å². The molecule has 2 heteroatoms. The number of benzene rings is 5. The summed E-state index contributed by atoms with van der Waals surface area (Å²) in [4.78, 5) is 0. The predicted molar refractivity (Wildman–Crippen MR) is 124 cm³/mol. The van der Waals surface area contributed by atoms with Crippen molar-refractivity contribution in [1.82, 2.24) is 5.32 Å². The first-order valence-corrected chi connectivity index (χ1v) is 9.80. The van der Waals surface area contributed by atoms with Crippen LogP contribution in [0.2, 0.25) is 0 Å². The zero-order valence-corrected chi connectivity index (χ0v) is 16.6. The fourth-order valence-electron chi connectivity index (χ4n) is 4.24. The molecule has 28 heavy (non-hydrogen) atoms. The van der Waals surface area contributed by atoms with Crippen molar-refractivity contribution < 1.29 is 0 Å². The summed E-state index contributed by atoms with van der Waals surface area (Å²) in [5.74, 6) is 0. The molecule has 0 aromatic heterocycles. The molecule has 0 aliphatic rings. The van der Waals surface area contributed by atoms with Crippen molar-refractivity contribution in [2.75, 3.05) is 6.54 Å². The second-order valence-electron chi connectivity index (χ2n) is 7.35. The highest BCUT2D eigenvalue weighted by Crippen LogP contribution is 2.35. The number of hydrogen-bond donors (Lipinski definition) is 1. The molecule has 1 N–H and O–H groups in total. The Hall–Kier alpha value is -2.61. The Bertz CT molecular complexity index is 1180. The van der Waals surface area contributed by atoms with Gasteiger partial charge in [-0.15, -0.1) is 12.4 Å². The van der Waals surface area contributed by atoms with Crippen LogP contribution in [-0.4, -0.2) is 6.54 Å². The maximum atomic E-state index is 3.65. The van der Waals surface area contributed by atoms with E-state index >= 15 is 0 Å². The van der Waals surface area contributed by atoms with E-state index in [4.69, 9.17) is 0 Å². The molecule has 0 spiro atoms. The average molecular weight is 386 g/mol. The van der Waals surface area contributed by atoms with Crippen molar-refractivity contribution in [1.29, 1.82) is 0 Å². The Kier molecular flexibility index (Phi) is 5.47. The lowest BCUT2D eigenvalue weighted by molar-refractivity contribution is 0.651. The number of halogens is 1. The van der Waals surface area contributed by atoms with E-state index in [1.165, 1.54) is 43.4 Å². The van der Waals surface area contributed by atoms with E-state index in [0.29, 0.717) is 0 Å². The van der Waals surface area contributed by atoms with Crippen molar-refractivity contribution in [3.8, 4) is 0 Å². The minimum absolute atomic E-state index is 0. The van der Waals surface area contributed by atoms with Gasteiger partial charge in [-0.25, -0.2) is 0 Å². The van der Waals surface area contributed by atoms with Gasteiger partial charge in [0.25, 0.3) is 0 Å². The zero-order chi connectivity index (χ0) is 18.1. The van der Waals surface area contributed by atoms with Gasteiger partial charge in [-0.2, -0.15) is 0 Å². The summed E-state index contributed by atoms with van der Waals surface area (Å²) in [7, 11) is 0. The molecule has 1 nitrogen and oxygen atoms in total. The Balaban J connectivity index is 0.00000192. The van der Waals surface area contributed by atoms with Crippen molar-refractivity contribution in [2.45, 2.75) is 19.4 Å². The Morgan fingerprint density at radius 1 is 0.607 bits per heavy atom. The summed E-state index contributed by atoms with van der Waals surface area (Å²) in [5, 5.41) is 11.8. The highest BCUT2D eigenvalue weighted by Gasteiger charge is 2.10. The van der Waals surface area contributed by atoms with Gasteiger partial charge in [0.1, 0.15) is 0 Å². The largest absolute Gasteiger partial charge is 0.313 e. The molecule has 0 aliphatic heterocycles. The minimum Gasteiger partial charge on any atom is -0.313 e. The third kappa shape index (κ3) is 3.44. The van der Waals surface area contributed by atoms with E-state index in [2.05, 4.69) is 90.2 Å². The second-order valence-corrected chi connectivity index (χ2v) is 7.35. The molecular weight excluding hydrogens is 362 g/mol. The van der Waals surface area contributed by atoms with Crippen LogP contribution < -0.4 is 5.32 Å². The van der Waals surface area contributed by atoms with Crippen LogP contribution in [0.15, 0.2) is 84.9 Å². The maximum Gasteiger partial charge on any atom is 0.0211 e. The molecule has 5 rings (SSSR count). The highest BCUT2D eigenvalue weighted by molar-refractivity contribution is 6.23. The first kappa shape index (κ1) is 18.7. The van der Waals surface area contributed by atoms with E-state index in [9.17, 15) is 0 Å². The summed E-state index contributed by atoms with van der Waals surface area (Å²) in [6, 6.07) is 30.9. The standard InChI is InChI=1S/C26H23N.ClH/c1-2-6-19(7-3-1)8-5-17-27-18-23-14-13-22-12-11-20-9-4-10-21-15-16-24(23)26(22)25(20)21;/h1-4,6-7,9-16,27H,5,8,17-18H2;1H. The summed E-state index contributed by atoms with van der Waals surface area (Å²) in [6.07, 6.45) is 2.29. The Labute approximate surface area is 172 Å². The van der Waals surface area contributed by atoms with E-state index in [1.807, 2.05) is 0 Å². The van der Waals surface area contributed by atoms with Gasteiger partial charge in [-0.3, -0.25) is 0 Å². The van der Waals surface area contributed by atoms with Crippen LogP contribution in [-0.2, 0) is 13.0 Å². The quantitative estimate of drug-likeness (QED) is 0.252. The van der Waals surface area contributed by atoms with Gasteiger partial charge in [0.05, 0.1) is 0 Å². The lowest BCUT2D eigenvalue weighted by Crippen LogP contribution is -2.15. The fraction of sp³-hybridized carbons (Fsp3) is 0.154. The lowest BCUT2D eigenvalue weighted by atomic mass is 9.92. The van der Waals surface area contributed by atoms with Crippen molar-refractivity contribution in [2.24, 2.45) is 0 Å². The summed E-state index contributed by atoms with van der Waals surface area (Å²) in [5.41, 5.74) is 2.81. The zero-order valence-electron chi connectivity index (χ0n) is 15.8. The monoisotopic (exact) mass is 385 g/mol. The van der Waals surface area contributed by atoms with Gasteiger partial charge < -0.3 is 5.32 Å². The predicted octanol–water partition coefficient (Wildman–Crippen LogP) is 6.73. The maximum absolute atomic E-state index is 3.65. The van der Waals surface area contributed by atoms with Crippen molar-refractivity contribution in [3.05, 3.63) is 96.1 Å². The number of aryl methyl sites for hydroxylation is 1. The van der Waals surface area contributed by atoms with E-state index in [-0.39, 0.29) is 12.4 Å². The molecule has 5 aromatic rings. The first-order chi connectivity index (χ1) is 13.4. The molecule has 0 bridgehead atoms. The lowest BCUT2D eigenvalue weighted by Gasteiger charge is -2.14. The van der Waals surface area contributed by atoms with Crippen LogP contribution in [0.4, 0.5) is 0 Å². The molecule has 0 saturated heterocycles. The van der Waals surface area contributed by atoms with Crippen molar-refractivity contribution >= 4 is 44.7 Å². The molecule has 0 heterocycles. The molecule has 0 fully saturated rings. The SMILES string of the molecule is Cl.c1ccc(CCCNCc2ccc3ccc4cccc5ccc2c3c45)cc1. The summed E-state index contributed by atoms with van der Waals surface area (Å²) < 4.78 is 0. The highest BCUT2D eigenvalue weighted by atomic mass is 35.5. The van der Waals surface area contributed by atoms with E-state index in [1.54, 1.807) is 0 Å². The average Bonchev–Trinajstić information content (AvgIpc) is 2.73. The smallest absolute Gasteiger partial charge is 0.0211 e. The van der Waals surface area contributed by atoms with Crippen LogP contribution in [0.5, 0.6) is 0 Å². The number of rotatable bonds is 6. The number of hydrogen-bond acceptors (Lipinski definition) is 1. The van der Waals surface area contributed by atoms with Crippen LogP contribution in [0.3, 0.4) is 0 Å². The first-order valence-electron chi connectivity index (χ1n) is 9.80.